The van der Waals surface area contributed by atoms with E-state index in [9.17, 15) is 5.11 Å². The molecule has 1 saturated heterocycles. The Morgan fingerprint density at radius 1 is 1.19 bits per heavy atom. The molecule has 1 aliphatic heterocycles. The molecule has 0 radical (unpaired) electrons. The molecule has 21 heavy (non-hydrogen) atoms. The van der Waals surface area contributed by atoms with E-state index < -0.39 is 0 Å². The third-order valence-corrected chi connectivity index (χ3v) is 5.08. The van der Waals surface area contributed by atoms with Crippen LogP contribution in [-0.4, -0.2) is 59.5 Å². The van der Waals surface area contributed by atoms with Crippen LogP contribution in [0.25, 0.3) is 0 Å². The monoisotopic (exact) mass is 300 g/mol. The van der Waals surface area contributed by atoms with Crippen LogP contribution in [0.2, 0.25) is 0 Å². The summed E-state index contributed by atoms with van der Waals surface area (Å²) in [5.41, 5.74) is -0.555. The highest BCUT2D eigenvalue weighted by molar-refractivity contribution is 5.06. The van der Waals surface area contributed by atoms with Gasteiger partial charge in [0.15, 0.2) is 0 Å². The van der Waals surface area contributed by atoms with Crippen molar-refractivity contribution in [1.29, 1.82) is 0 Å². The quantitative estimate of drug-likeness (QED) is 0.757. The summed E-state index contributed by atoms with van der Waals surface area (Å²) in [6.07, 6.45) is 1.12. The Bertz CT molecular complexity index is 340. The maximum atomic E-state index is 9.59. The Labute approximate surface area is 131 Å². The molecule has 0 bridgehead atoms. The van der Waals surface area contributed by atoms with Crippen molar-refractivity contribution >= 4 is 0 Å². The number of likely N-dealkylation sites (N-methyl/N-ethyl adjacent to an activating group) is 1. The minimum atomic E-state index is -0.210. The molecular weight excluding hydrogens is 264 g/mol. The van der Waals surface area contributed by atoms with Gasteiger partial charge in [0.25, 0.3) is 0 Å². The Kier molecular flexibility index (Phi) is 5.87. The third-order valence-electron chi connectivity index (χ3n) is 5.08. The fourth-order valence-electron chi connectivity index (χ4n) is 3.38. The lowest BCUT2D eigenvalue weighted by atomic mass is 9.81. The van der Waals surface area contributed by atoms with E-state index in [4.69, 9.17) is 4.74 Å². The zero-order chi connectivity index (χ0) is 16.5. The summed E-state index contributed by atoms with van der Waals surface area (Å²) in [5, 5.41) is 13.3. The van der Waals surface area contributed by atoms with Gasteiger partial charge in [-0.1, -0.05) is 6.92 Å². The fraction of sp³-hybridized carbons (Fsp3) is 1.00. The molecule has 1 fully saturated rings. The first kappa shape index (κ1) is 18.9. The minimum absolute atomic E-state index is 0.161. The van der Waals surface area contributed by atoms with Crippen molar-refractivity contribution in [3.05, 3.63) is 0 Å². The molecule has 0 aromatic rings. The number of ether oxygens (including phenoxy) is 1. The number of aliphatic hydroxyl groups is 1. The highest BCUT2D eigenvalue weighted by Gasteiger charge is 2.54. The molecule has 0 aromatic heterocycles. The molecule has 1 aliphatic rings. The molecule has 0 aliphatic carbocycles. The first-order chi connectivity index (χ1) is 9.48. The van der Waals surface area contributed by atoms with Crippen molar-refractivity contribution in [3.8, 4) is 0 Å². The van der Waals surface area contributed by atoms with Gasteiger partial charge in [0.2, 0.25) is 0 Å². The third kappa shape index (κ3) is 4.19. The summed E-state index contributed by atoms with van der Waals surface area (Å²) in [6.45, 7) is 17.2. The number of hydrogen-bond donors (Lipinski definition) is 2. The highest BCUT2D eigenvalue weighted by atomic mass is 16.5. The molecular formula is C17H36N2O2. The number of hydrogen-bond acceptors (Lipinski definition) is 4. The summed E-state index contributed by atoms with van der Waals surface area (Å²) < 4.78 is 6.35. The van der Waals surface area contributed by atoms with Gasteiger partial charge in [-0.05, 0) is 61.6 Å². The standard InChI is InChI=1S/C17H36N2O2/c1-9-10-18-14-13(11-19(8)15(2,3)12-20)16(4,5)21-17(14,6)7/h13-14,18,20H,9-12H2,1-8H3. The summed E-state index contributed by atoms with van der Waals surface area (Å²) in [4.78, 5) is 2.25. The number of rotatable bonds is 7. The lowest BCUT2D eigenvalue weighted by molar-refractivity contribution is -0.0813. The van der Waals surface area contributed by atoms with Crippen LogP contribution in [-0.2, 0) is 4.74 Å². The van der Waals surface area contributed by atoms with Gasteiger partial charge in [0.1, 0.15) is 0 Å². The Hall–Kier alpha value is -0.160. The minimum Gasteiger partial charge on any atom is -0.394 e. The molecule has 2 unspecified atom stereocenters. The second-order valence-electron chi connectivity index (χ2n) is 8.20. The molecule has 2 atom stereocenters. The predicted molar refractivity (Wildman–Crippen MR) is 88.6 cm³/mol. The summed E-state index contributed by atoms with van der Waals surface area (Å²) in [6, 6.07) is 0.324. The molecule has 4 heteroatoms. The van der Waals surface area contributed by atoms with Gasteiger partial charge >= 0.3 is 0 Å². The van der Waals surface area contributed by atoms with Crippen molar-refractivity contribution in [3.63, 3.8) is 0 Å². The largest absolute Gasteiger partial charge is 0.394 e. The van der Waals surface area contributed by atoms with Crippen molar-refractivity contribution < 1.29 is 9.84 Å². The first-order valence-corrected chi connectivity index (χ1v) is 8.23. The van der Waals surface area contributed by atoms with Crippen LogP contribution >= 0.6 is 0 Å². The summed E-state index contributed by atoms with van der Waals surface area (Å²) in [5.74, 6) is 0.384. The van der Waals surface area contributed by atoms with Crippen LogP contribution in [0.3, 0.4) is 0 Å². The zero-order valence-corrected chi connectivity index (χ0v) is 15.3. The van der Waals surface area contributed by atoms with Crippen LogP contribution in [0.4, 0.5) is 0 Å². The van der Waals surface area contributed by atoms with Gasteiger partial charge in [0, 0.05) is 24.0 Å². The SMILES string of the molecule is CCCNC1C(CN(C)C(C)(C)CO)C(C)(C)OC1(C)C. The van der Waals surface area contributed by atoms with E-state index >= 15 is 0 Å². The normalized spacial score (nSPS) is 28.3. The molecule has 0 saturated carbocycles. The van der Waals surface area contributed by atoms with Crippen molar-refractivity contribution in [2.75, 3.05) is 26.7 Å². The lowest BCUT2D eigenvalue weighted by Crippen LogP contribution is -2.54. The van der Waals surface area contributed by atoms with E-state index in [2.05, 4.69) is 65.7 Å². The average Bonchev–Trinajstić information content (AvgIpc) is 2.52. The fourth-order valence-corrected chi connectivity index (χ4v) is 3.38. The number of nitrogens with one attached hydrogen (secondary N) is 1. The lowest BCUT2D eigenvalue weighted by Gasteiger charge is -2.40. The van der Waals surface area contributed by atoms with E-state index in [1.165, 1.54) is 0 Å². The van der Waals surface area contributed by atoms with E-state index in [0.29, 0.717) is 12.0 Å². The van der Waals surface area contributed by atoms with Gasteiger partial charge < -0.3 is 15.2 Å². The highest BCUT2D eigenvalue weighted by Crippen LogP contribution is 2.43. The second kappa shape index (κ2) is 6.53. The summed E-state index contributed by atoms with van der Waals surface area (Å²) >= 11 is 0. The first-order valence-electron chi connectivity index (χ1n) is 8.23. The van der Waals surface area contributed by atoms with E-state index in [0.717, 1.165) is 19.5 Å². The van der Waals surface area contributed by atoms with Gasteiger partial charge in [-0.2, -0.15) is 0 Å². The molecule has 1 heterocycles. The molecule has 0 amide bonds. The Balaban J connectivity index is 2.93. The van der Waals surface area contributed by atoms with Crippen LogP contribution in [0.5, 0.6) is 0 Å². The average molecular weight is 300 g/mol. The smallest absolute Gasteiger partial charge is 0.0790 e. The molecule has 4 nitrogen and oxygen atoms in total. The van der Waals surface area contributed by atoms with E-state index in [-0.39, 0.29) is 23.3 Å². The zero-order valence-electron chi connectivity index (χ0n) is 15.3. The summed E-state index contributed by atoms with van der Waals surface area (Å²) in [7, 11) is 2.09. The van der Waals surface area contributed by atoms with Gasteiger partial charge in [-0.3, -0.25) is 4.90 Å². The van der Waals surface area contributed by atoms with Crippen LogP contribution in [0.1, 0.15) is 54.9 Å². The van der Waals surface area contributed by atoms with Crippen LogP contribution in [0.15, 0.2) is 0 Å². The van der Waals surface area contributed by atoms with Crippen LogP contribution < -0.4 is 5.32 Å². The second-order valence-corrected chi connectivity index (χ2v) is 8.20. The van der Waals surface area contributed by atoms with Crippen molar-refractivity contribution in [2.45, 2.75) is 77.7 Å². The van der Waals surface area contributed by atoms with Crippen molar-refractivity contribution in [2.24, 2.45) is 5.92 Å². The van der Waals surface area contributed by atoms with Crippen LogP contribution in [0, 0.1) is 5.92 Å². The maximum absolute atomic E-state index is 9.59. The van der Waals surface area contributed by atoms with Gasteiger partial charge in [-0.15, -0.1) is 0 Å². The van der Waals surface area contributed by atoms with E-state index in [1.807, 2.05) is 0 Å². The molecule has 0 aromatic carbocycles. The van der Waals surface area contributed by atoms with Crippen molar-refractivity contribution in [1.82, 2.24) is 10.2 Å². The number of nitrogens with zero attached hydrogens (tertiary/aromatic N) is 1. The molecule has 0 spiro atoms. The maximum Gasteiger partial charge on any atom is 0.0790 e. The molecule has 126 valence electrons. The van der Waals surface area contributed by atoms with Gasteiger partial charge in [0.05, 0.1) is 17.8 Å². The predicted octanol–water partition coefficient (Wildman–Crippen LogP) is 2.26. The van der Waals surface area contributed by atoms with E-state index in [1.54, 1.807) is 0 Å². The topological polar surface area (TPSA) is 44.7 Å². The molecule has 2 N–H and O–H groups in total. The van der Waals surface area contributed by atoms with Gasteiger partial charge in [-0.25, -0.2) is 0 Å². The molecule has 1 rings (SSSR count). The number of aliphatic hydroxyl groups excluding tert-OH is 1. The Morgan fingerprint density at radius 3 is 2.24 bits per heavy atom. The Morgan fingerprint density at radius 2 is 1.76 bits per heavy atom.